The second-order valence-corrected chi connectivity index (χ2v) is 4.97. The third kappa shape index (κ3) is 4.33. The summed E-state index contributed by atoms with van der Waals surface area (Å²) >= 11 is 10.9. The lowest BCUT2D eigenvalue weighted by atomic mass is 10.2. The van der Waals surface area contributed by atoms with Crippen molar-refractivity contribution in [1.82, 2.24) is 10.6 Å². The maximum absolute atomic E-state index is 11.9. The first-order chi connectivity index (χ1) is 9.65. The quantitative estimate of drug-likeness (QED) is 0.856. The first-order valence-corrected chi connectivity index (χ1v) is 6.82. The van der Waals surface area contributed by atoms with Gasteiger partial charge in [0.2, 0.25) is 0 Å². The predicted molar refractivity (Wildman–Crippen MR) is 84.8 cm³/mol. The van der Waals surface area contributed by atoms with Crippen molar-refractivity contribution in [2.24, 2.45) is 0 Å². The molecule has 0 fully saturated rings. The van der Waals surface area contributed by atoms with Crippen LogP contribution in [0.1, 0.15) is 15.9 Å². The van der Waals surface area contributed by atoms with Crippen LogP contribution in [-0.2, 0) is 6.54 Å². The number of hydrogen-bond donors (Lipinski definition) is 2. The molecule has 0 aliphatic heterocycles. The molecule has 2 rings (SSSR count). The van der Waals surface area contributed by atoms with Crippen LogP contribution in [0, 0.1) is 0 Å². The summed E-state index contributed by atoms with van der Waals surface area (Å²) in [6.45, 7) is 0.533. The van der Waals surface area contributed by atoms with Crippen LogP contribution in [0.2, 0.25) is 5.02 Å². The van der Waals surface area contributed by atoms with Gasteiger partial charge in [-0.05, 0) is 42.0 Å². The highest BCUT2D eigenvalue weighted by Gasteiger charge is 2.06. The Morgan fingerprint density at radius 1 is 1.05 bits per heavy atom. The highest BCUT2D eigenvalue weighted by atomic mass is 35.5. The van der Waals surface area contributed by atoms with Crippen molar-refractivity contribution in [3.8, 4) is 0 Å². The van der Waals surface area contributed by atoms with E-state index >= 15 is 0 Å². The summed E-state index contributed by atoms with van der Waals surface area (Å²) in [5.74, 6) is -0.223. The molecule has 5 heteroatoms. The maximum atomic E-state index is 11.9. The molecule has 2 aromatic rings. The number of thiocarbonyl (C=S) groups is 1. The molecule has 0 bridgehead atoms. The average Bonchev–Trinajstić information content (AvgIpc) is 2.47. The number of nitrogens with one attached hydrogen (secondary N) is 2. The van der Waals surface area contributed by atoms with E-state index < -0.39 is 0 Å². The second-order valence-electron chi connectivity index (χ2n) is 4.13. The molecule has 2 N–H and O–H groups in total. The van der Waals surface area contributed by atoms with Crippen LogP contribution in [0.4, 0.5) is 0 Å². The molecule has 3 nitrogen and oxygen atoms in total. The van der Waals surface area contributed by atoms with Crippen molar-refractivity contribution in [3.63, 3.8) is 0 Å². The third-order valence-electron chi connectivity index (χ3n) is 2.63. The van der Waals surface area contributed by atoms with Gasteiger partial charge in [0.25, 0.3) is 5.91 Å². The van der Waals surface area contributed by atoms with Crippen LogP contribution in [0.15, 0.2) is 54.6 Å². The summed E-state index contributed by atoms with van der Waals surface area (Å²) in [6, 6.07) is 16.3. The van der Waals surface area contributed by atoms with E-state index in [9.17, 15) is 4.79 Å². The van der Waals surface area contributed by atoms with E-state index in [0.29, 0.717) is 22.2 Å². The fourth-order valence-corrected chi connectivity index (χ4v) is 1.88. The highest BCUT2D eigenvalue weighted by Crippen LogP contribution is 2.09. The third-order valence-corrected chi connectivity index (χ3v) is 3.13. The monoisotopic (exact) mass is 304 g/mol. The highest BCUT2D eigenvalue weighted by molar-refractivity contribution is 7.80. The van der Waals surface area contributed by atoms with Gasteiger partial charge >= 0.3 is 0 Å². The molecule has 0 atom stereocenters. The Morgan fingerprint density at radius 2 is 1.70 bits per heavy atom. The van der Waals surface area contributed by atoms with Gasteiger partial charge in [0.05, 0.1) is 0 Å². The molecule has 0 radical (unpaired) electrons. The Labute approximate surface area is 128 Å². The number of rotatable bonds is 3. The molecule has 0 heterocycles. The fourth-order valence-electron chi connectivity index (χ4n) is 1.59. The lowest BCUT2D eigenvalue weighted by molar-refractivity contribution is 0.0976. The van der Waals surface area contributed by atoms with Gasteiger partial charge in [-0.2, -0.15) is 0 Å². The largest absolute Gasteiger partial charge is 0.358 e. The lowest BCUT2D eigenvalue weighted by Crippen LogP contribution is -2.38. The van der Waals surface area contributed by atoms with Gasteiger partial charge < -0.3 is 5.32 Å². The van der Waals surface area contributed by atoms with Gasteiger partial charge in [0, 0.05) is 17.1 Å². The molecular formula is C15H13ClN2OS. The van der Waals surface area contributed by atoms with Gasteiger partial charge in [-0.3, -0.25) is 10.1 Å². The first-order valence-electron chi connectivity index (χ1n) is 6.04. The molecule has 102 valence electrons. The maximum Gasteiger partial charge on any atom is 0.257 e. The summed E-state index contributed by atoms with van der Waals surface area (Å²) in [4.78, 5) is 11.9. The van der Waals surface area contributed by atoms with E-state index in [1.165, 1.54) is 0 Å². The van der Waals surface area contributed by atoms with E-state index in [2.05, 4.69) is 10.6 Å². The Morgan fingerprint density at radius 3 is 2.35 bits per heavy atom. The van der Waals surface area contributed by atoms with E-state index in [0.717, 1.165) is 5.56 Å². The molecule has 1 amide bonds. The van der Waals surface area contributed by atoms with Gasteiger partial charge in [0.1, 0.15) is 0 Å². The van der Waals surface area contributed by atoms with Crippen LogP contribution >= 0.6 is 23.8 Å². The lowest BCUT2D eigenvalue weighted by Gasteiger charge is -2.09. The SMILES string of the molecule is O=C(NC(=S)NCc1ccc(Cl)cc1)c1ccccc1. The Bertz CT molecular complexity index is 599. The number of amides is 1. The van der Waals surface area contributed by atoms with Crippen molar-refractivity contribution in [1.29, 1.82) is 0 Å². The number of benzene rings is 2. The normalized spacial score (nSPS) is 9.85. The molecule has 0 saturated carbocycles. The summed E-state index contributed by atoms with van der Waals surface area (Å²) in [6.07, 6.45) is 0. The number of hydrogen-bond acceptors (Lipinski definition) is 2. The molecule has 0 aliphatic carbocycles. The molecule has 2 aromatic carbocycles. The molecule has 0 saturated heterocycles. The number of carbonyl (C=O) groups is 1. The smallest absolute Gasteiger partial charge is 0.257 e. The minimum atomic E-state index is -0.223. The predicted octanol–water partition coefficient (Wildman–Crippen LogP) is 3.14. The van der Waals surface area contributed by atoms with Crippen molar-refractivity contribution in [2.45, 2.75) is 6.54 Å². The minimum absolute atomic E-state index is 0.223. The van der Waals surface area contributed by atoms with E-state index in [-0.39, 0.29) is 5.91 Å². The zero-order valence-electron chi connectivity index (χ0n) is 10.6. The summed E-state index contributed by atoms with van der Waals surface area (Å²) in [5.41, 5.74) is 1.61. The second kappa shape index (κ2) is 7.03. The van der Waals surface area contributed by atoms with Crippen LogP contribution in [0.5, 0.6) is 0 Å². The molecule has 0 spiro atoms. The van der Waals surface area contributed by atoms with Crippen molar-refractivity contribution in [3.05, 3.63) is 70.7 Å². The average molecular weight is 305 g/mol. The van der Waals surface area contributed by atoms with E-state index in [4.69, 9.17) is 23.8 Å². The summed E-state index contributed by atoms with van der Waals surface area (Å²) < 4.78 is 0. The fraction of sp³-hybridized carbons (Fsp3) is 0.0667. The van der Waals surface area contributed by atoms with Crippen LogP contribution < -0.4 is 10.6 Å². The Hall–Kier alpha value is -1.91. The Balaban J connectivity index is 1.84. The van der Waals surface area contributed by atoms with E-state index in [1.807, 2.05) is 30.3 Å². The number of carbonyl (C=O) groups excluding carboxylic acids is 1. The molecule has 0 unspecified atom stereocenters. The van der Waals surface area contributed by atoms with Crippen LogP contribution in [0.25, 0.3) is 0 Å². The van der Waals surface area contributed by atoms with Crippen LogP contribution in [0.3, 0.4) is 0 Å². The van der Waals surface area contributed by atoms with E-state index in [1.54, 1.807) is 24.3 Å². The van der Waals surface area contributed by atoms with Crippen LogP contribution in [-0.4, -0.2) is 11.0 Å². The van der Waals surface area contributed by atoms with Gasteiger partial charge in [-0.1, -0.05) is 41.9 Å². The zero-order valence-corrected chi connectivity index (χ0v) is 12.2. The topological polar surface area (TPSA) is 41.1 Å². The van der Waals surface area contributed by atoms with Gasteiger partial charge in [-0.15, -0.1) is 0 Å². The summed E-state index contributed by atoms with van der Waals surface area (Å²) in [5, 5.41) is 6.60. The van der Waals surface area contributed by atoms with Crippen molar-refractivity contribution in [2.75, 3.05) is 0 Å². The molecular weight excluding hydrogens is 292 g/mol. The number of halogens is 1. The van der Waals surface area contributed by atoms with Gasteiger partial charge in [0.15, 0.2) is 5.11 Å². The summed E-state index contributed by atoms with van der Waals surface area (Å²) in [7, 11) is 0. The molecule has 0 aliphatic rings. The zero-order chi connectivity index (χ0) is 14.4. The van der Waals surface area contributed by atoms with Gasteiger partial charge in [-0.25, -0.2) is 0 Å². The molecule has 0 aromatic heterocycles. The first kappa shape index (κ1) is 14.5. The standard InChI is InChI=1S/C15H13ClN2OS/c16-13-8-6-11(7-9-13)10-17-15(20)18-14(19)12-4-2-1-3-5-12/h1-9H,10H2,(H2,17,18,19,20). The minimum Gasteiger partial charge on any atom is -0.358 e. The van der Waals surface area contributed by atoms with Crippen molar-refractivity contribution >= 4 is 34.8 Å². The van der Waals surface area contributed by atoms with Crippen molar-refractivity contribution < 1.29 is 4.79 Å². The Kier molecular flexibility index (Phi) is 5.09. The molecule has 20 heavy (non-hydrogen) atoms.